The van der Waals surface area contributed by atoms with Gasteiger partial charge in [0, 0.05) is 6.04 Å². The Hall–Kier alpha value is -1.22. The van der Waals surface area contributed by atoms with Crippen LogP contribution in [0.15, 0.2) is 18.2 Å². The van der Waals surface area contributed by atoms with Crippen molar-refractivity contribution >= 4 is 0 Å². The van der Waals surface area contributed by atoms with E-state index in [0.29, 0.717) is 12.8 Å². The van der Waals surface area contributed by atoms with E-state index >= 15 is 0 Å². The number of benzene rings is 1. The van der Waals surface area contributed by atoms with Crippen LogP contribution in [-0.4, -0.2) is 19.4 Å². The predicted octanol–water partition coefficient (Wildman–Crippen LogP) is 2.74. The molecule has 0 spiro atoms. The molecule has 1 aromatic carbocycles. The van der Waals surface area contributed by atoms with Crippen LogP contribution in [0.1, 0.15) is 31.7 Å². The zero-order chi connectivity index (χ0) is 12.4. The molecule has 1 heterocycles. The van der Waals surface area contributed by atoms with Gasteiger partial charge >= 0.3 is 0 Å². The Balaban J connectivity index is 1.66. The van der Waals surface area contributed by atoms with Crippen molar-refractivity contribution < 1.29 is 9.47 Å². The molecule has 0 aromatic heterocycles. The normalized spacial score (nSPS) is 18.9. The van der Waals surface area contributed by atoms with Crippen molar-refractivity contribution in [3.05, 3.63) is 23.8 Å². The van der Waals surface area contributed by atoms with E-state index in [4.69, 9.17) is 9.47 Å². The molecule has 1 N–H and O–H groups in total. The molecule has 0 radical (unpaired) electrons. The Morgan fingerprint density at radius 3 is 2.89 bits per heavy atom. The molecule has 3 rings (SSSR count). The van der Waals surface area contributed by atoms with Gasteiger partial charge in [-0.15, -0.1) is 0 Å². The summed E-state index contributed by atoms with van der Waals surface area (Å²) in [6, 6.07) is 6.95. The van der Waals surface area contributed by atoms with Crippen LogP contribution in [0.5, 0.6) is 11.5 Å². The lowest BCUT2D eigenvalue weighted by Gasteiger charge is -2.18. The average molecular weight is 247 g/mol. The van der Waals surface area contributed by atoms with Gasteiger partial charge in [-0.2, -0.15) is 0 Å². The van der Waals surface area contributed by atoms with Crippen molar-refractivity contribution in [2.24, 2.45) is 5.92 Å². The van der Waals surface area contributed by atoms with Gasteiger partial charge < -0.3 is 14.8 Å². The zero-order valence-corrected chi connectivity index (χ0v) is 10.9. The average Bonchev–Trinajstić information content (AvgIpc) is 3.12. The Kier molecular flexibility index (Phi) is 3.41. The maximum Gasteiger partial charge on any atom is 0.231 e. The van der Waals surface area contributed by atoms with Gasteiger partial charge in [-0.25, -0.2) is 0 Å². The minimum absolute atomic E-state index is 0.360. The number of hydrogen-bond acceptors (Lipinski definition) is 3. The van der Waals surface area contributed by atoms with Crippen LogP contribution >= 0.6 is 0 Å². The van der Waals surface area contributed by atoms with Crippen molar-refractivity contribution in [2.45, 2.75) is 38.6 Å². The van der Waals surface area contributed by atoms with Gasteiger partial charge in [-0.05, 0) is 55.8 Å². The smallest absolute Gasteiger partial charge is 0.231 e. The molecule has 0 bridgehead atoms. The molecule has 2 aliphatic rings. The first-order chi connectivity index (χ1) is 8.86. The molecule has 0 amide bonds. The monoisotopic (exact) mass is 247 g/mol. The van der Waals surface area contributed by atoms with Crippen molar-refractivity contribution in [3.8, 4) is 11.5 Å². The summed E-state index contributed by atoms with van der Waals surface area (Å²) in [5.41, 5.74) is 1.35. The summed E-state index contributed by atoms with van der Waals surface area (Å²) < 4.78 is 10.8. The highest BCUT2D eigenvalue weighted by atomic mass is 16.7. The SMILES string of the molecule is CCCNC(Cc1ccc2c(c1)OCO2)C1CC1. The van der Waals surface area contributed by atoms with E-state index in [1.54, 1.807) is 0 Å². The molecule has 18 heavy (non-hydrogen) atoms. The molecule has 1 fully saturated rings. The molecule has 1 aliphatic heterocycles. The molecule has 1 saturated carbocycles. The van der Waals surface area contributed by atoms with Gasteiger partial charge in [0.1, 0.15) is 0 Å². The highest BCUT2D eigenvalue weighted by Gasteiger charge is 2.30. The van der Waals surface area contributed by atoms with Gasteiger partial charge in [0.2, 0.25) is 6.79 Å². The number of fused-ring (bicyclic) bond motifs is 1. The Bertz CT molecular complexity index is 415. The molecule has 0 saturated heterocycles. The van der Waals surface area contributed by atoms with E-state index in [-0.39, 0.29) is 0 Å². The zero-order valence-electron chi connectivity index (χ0n) is 10.9. The highest BCUT2D eigenvalue weighted by Crippen LogP contribution is 2.36. The lowest BCUT2D eigenvalue weighted by Crippen LogP contribution is -2.33. The molecule has 1 unspecified atom stereocenters. The molecule has 98 valence electrons. The summed E-state index contributed by atoms with van der Waals surface area (Å²) in [6.07, 6.45) is 5.06. The van der Waals surface area contributed by atoms with Crippen molar-refractivity contribution in [1.82, 2.24) is 5.32 Å². The highest BCUT2D eigenvalue weighted by molar-refractivity contribution is 5.44. The maximum atomic E-state index is 5.44. The van der Waals surface area contributed by atoms with Gasteiger partial charge in [0.05, 0.1) is 0 Å². The quantitative estimate of drug-likeness (QED) is 0.838. The van der Waals surface area contributed by atoms with Gasteiger partial charge in [0.25, 0.3) is 0 Å². The fraction of sp³-hybridized carbons (Fsp3) is 0.600. The first-order valence-electron chi connectivity index (χ1n) is 6.98. The van der Waals surface area contributed by atoms with E-state index in [1.165, 1.54) is 24.8 Å². The van der Waals surface area contributed by atoms with Crippen LogP contribution in [-0.2, 0) is 6.42 Å². The molecule has 3 nitrogen and oxygen atoms in total. The largest absolute Gasteiger partial charge is 0.454 e. The summed E-state index contributed by atoms with van der Waals surface area (Å²) in [5, 5.41) is 3.68. The predicted molar refractivity (Wildman–Crippen MR) is 71.1 cm³/mol. The topological polar surface area (TPSA) is 30.5 Å². The molecule has 3 heteroatoms. The van der Waals surface area contributed by atoms with Gasteiger partial charge in [-0.1, -0.05) is 13.0 Å². The molecule has 1 aromatic rings. The van der Waals surface area contributed by atoms with E-state index in [9.17, 15) is 0 Å². The third kappa shape index (κ3) is 2.61. The standard InChI is InChI=1S/C15H21NO2/c1-2-7-16-13(12-4-5-12)8-11-3-6-14-15(9-11)18-10-17-14/h3,6,9,12-13,16H,2,4-5,7-8,10H2,1H3. The third-order valence-corrected chi connectivity index (χ3v) is 3.74. The second kappa shape index (κ2) is 5.19. The van der Waals surface area contributed by atoms with E-state index < -0.39 is 0 Å². The first-order valence-corrected chi connectivity index (χ1v) is 6.98. The summed E-state index contributed by atoms with van der Waals surface area (Å²) in [4.78, 5) is 0. The van der Waals surface area contributed by atoms with E-state index in [0.717, 1.165) is 30.4 Å². The van der Waals surface area contributed by atoms with Gasteiger partial charge in [0.15, 0.2) is 11.5 Å². The van der Waals surface area contributed by atoms with Crippen LogP contribution in [0, 0.1) is 5.92 Å². The number of nitrogens with one attached hydrogen (secondary N) is 1. The van der Waals surface area contributed by atoms with Crippen molar-refractivity contribution in [3.63, 3.8) is 0 Å². The summed E-state index contributed by atoms with van der Waals surface area (Å²) in [5.74, 6) is 2.66. The van der Waals surface area contributed by atoms with Crippen molar-refractivity contribution in [2.75, 3.05) is 13.3 Å². The van der Waals surface area contributed by atoms with Gasteiger partial charge in [-0.3, -0.25) is 0 Å². The van der Waals surface area contributed by atoms with Crippen LogP contribution < -0.4 is 14.8 Å². The first kappa shape index (κ1) is 11.8. The van der Waals surface area contributed by atoms with E-state index in [1.807, 2.05) is 6.07 Å². The van der Waals surface area contributed by atoms with Crippen LogP contribution in [0.2, 0.25) is 0 Å². The van der Waals surface area contributed by atoms with Crippen LogP contribution in [0.25, 0.3) is 0 Å². The molecule has 1 atom stereocenters. The Labute approximate surface area is 108 Å². The summed E-state index contributed by atoms with van der Waals surface area (Å²) >= 11 is 0. The minimum atomic E-state index is 0.360. The number of ether oxygens (including phenoxy) is 2. The molecular formula is C15H21NO2. The number of hydrogen-bond donors (Lipinski definition) is 1. The maximum absolute atomic E-state index is 5.44. The summed E-state index contributed by atoms with van der Waals surface area (Å²) in [6.45, 7) is 3.70. The molecular weight excluding hydrogens is 226 g/mol. The third-order valence-electron chi connectivity index (χ3n) is 3.74. The van der Waals surface area contributed by atoms with Crippen molar-refractivity contribution in [1.29, 1.82) is 0 Å². The van der Waals surface area contributed by atoms with Crippen LogP contribution in [0.3, 0.4) is 0 Å². The Morgan fingerprint density at radius 2 is 2.11 bits per heavy atom. The second-order valence-electron chi connectivity index (χ2n) is 5.29. The minimum Gasteiger partial charge on any atom is -0.454 e. The van der Waals surface area contributed by atoms with Crippen LogP contribution in [0.4, 0.5) is 0 Å². The fourth-order valence-electron chi connectivity index (χ4n) is 2.56. The molecule has 1 aliphatic carbocycles. The fourth-order valence-corrected chi connectivity index (χ4v) is 2.56. The number of rotatable bonds is 6. The Morgan fingerprint density at radius 1 is 1.28 bits per heavy atom. The second-order valence-corrected chi connectivity index (χ2v) is 5.29. The lowest BCUT2D eigenvalue weighted by molar-refractivity contribution is 0.174. The van der Waals surface area contributed by atoms with E-state index in [2.05, 4.69) is 24.4 Å². The lowest BCUT2D eigenvalue weighted by atomic mass is 10.0. The summed E-state index contributed by atoms with van der Waals surface area (Å²) in [7, 11) is 0.